The van der Waals surface area contributed by atoms with Gasteiger partial charge in [-0.1, -0.05) is 6.07 Å². The van der Waals surface area contributed by atoms with Gasteiger partial charge >= 0.3 is 11.7 Å². The Morgan fingerprint density at radius 1 is 1.36 bits per heavy atom. The van der Waals surface area contributed by atoms with Crippen LogP contribution in [0.15, 0.2) is 29.2 Å². The molecule has 2 aromatic rings. The van der Waals surface area contributed by atoms with E-state index in [9.17, 15) is 14.4 Å². The van der Waals surface area contributed by atoms with Crippen molar-refractivity contribution in [1.29, 1.82) is 0 Å². The highest BCUT2D eigenvalue weighted by molar-refractivity contribution is 5.76. The average Bonchev–Trinajstić information content (AvgIpc) is 3.06. The summed E-state index contributed by atoms with van der Waals surface area (Å²) >= 11 is 0. The van der Waals surface area contributed by atoms with Gasteiger partial charge in [-0.25, -0.2) is 9.48 Å². The minimum absolute atomic E-state index is 0.152. The van der Waals surface area contributed by atoms with E-state index in [4.69, 9.17) is 5.11 Å². The van der Waals surface area contributed by atoms with Crippen molar-refractivity contribution in [2.75, 3.05) is 0 Å². The number of carboxylic acids is 1. The van der Waals surface area contributed by atoms with Crippen LogP contribution in [0.3, 0.4) is 0 Å². The van der Waals surface area contributed by atoms with E-state index in [1.165, 1.54) is 4.40 Å². The van der Waals surface area contributed by atoms with E-state index in [2.05, 4.69) is 10.4 Å². The summed E-state index contributed by atoms with van der Waals surface area (Å²) in [6, 6.07) is 5.01. The number of nitrogens with zero attached hydrogens (tertiary/aromatic N) is 3. The van der Waals surface area contributed by atoms with Crippen LogP contribution in [0.4, 0.5) is 0 Å². The molecule has 0 aromatic carbocycles. The largest absolute Gasteiger partial charge is 0.481 e. The second-order valence-electron chi connectivity index (χ2n) is 5.48. The lowest BCUT2D eigenvalue weighted by Gasteiger charge is -2.11. The lowest BCUT2D eigenvalue weighted by atomic mass is 10.1. The quantitative estimate of drug-likeness (QED) is 0.818. The zero-order valence-corrected chi connectivity index (χ0v) is 11.8. The van der Waals surface area contributed by atoms with Crippen LogP contribution in [0.2, 0.25) is 0 Å². The van der Waals surface area contributed by atoms with Gasteiger partial charge in [0.25, 0.3) is 0 Å². The SMILES string of the molecule is O=C(Cn1nc2ccccn2c1=O)N[C@H]1CC[C@@H](C(=O)O)C1. The number of amides is 1. The number of rotatable bonds is 4. The molecule has 0 spiro atoms. The first-order valence-corrected chi connectivity index (χ1v) is 7.11. The van der Waals surface area contributed by atoms with Crippen molar-refractivity contribution in [2.24, 2.45) is 5.92 Å². The number of fused-ring (bicyclic) bond motifs is 1. The monoisotopic (exact) mass is 304 g/mol. The fourth-order valence-corrected chi connectivity index (χ4v) is 2.82. The fraction of sp³-hybridized carbons (Fsp3) is 0.429. The molecular formula is C14H16N4O4. The van der Waals surface area contributed by atoms with Gasteiger partial charge in [0, 0.05) is 12.2 Å². The van der Waals surface area contributed by atoms with Crippen molar-refractivity contribution in [3.8, 4) is 0 Å². The van der Waals surface area contributed by atoms with E-state index in [1.807, 2.05) is 0 Å². The summed E-state index contributed by atoms with van der Waals surface area (Å²) in [6.45, 7) is -0.172. The maximum atomic E-state index is 12.0. The van der Waals surface area contributed by atoms with Crippen LogP contribution in [0.25, 0.3) is 5.65 Å². The topological polar surface area (TPSA) is 106 Å². The number of hydrogen-bond donors (Lipinski definition) is 2. The smallest absolute Gasteiger partial charge is 0.350 e. The Balaban J connectivity index is 1.65. The Hall–Kier alpha value is -2.64. The highest BCUT2D eigenvalue weighted by Gasteiger charge is 2.30. The standard InChI is InChI=1S/C14H16N4O4/c19-12(15-10-5-4-9(7-10)13(20)21)8-18-14(22)17-6-2-1-3-11(17)16-18/h1-3,6,9-10H,4-5,7-8H2,(H,15,19)(H,20,21)/t9-,10+/m1/s1. The van der Waals surface area contributed by atoms with Crippen molar-refractivity contribution in [1.82, 2.24) is 19.5 Å². The van der Waals surface area contributed by atoms with E-state index in [0.717, 1.165) is 4.68 Å². The lowest BCUT2D eigenvalue weighted by Crippen LogP contribution is -2.38. The summed E-state index contributed by atoms with van der Waals surface area (Å²) in [5.74, 6) is -1.56. The molecule has 2 N–H and O–H groups in total. The van der Waals surface area contributed by atoms with Crippen molar-refractivity contribution in [2.45, 2.75) is 31.8 Å². The Kier molecular flexibility index (Phi) is 3.66. The molecule has 1 aliphatic rings. The van der Waals surface area contributed by atoms with Gasteiger partial charge in [0.05, 0.1) is 5.92 Å². The highest BCUT2D eigenvalue weighted by atomic mass is 16.4. The van der Waals surface area contributed by atoms with Gasteiger partial charge in [0.15, 0.2) is 5.65 Å². The molecule has 8 heteroatoms. The van der Waals surface area contributed by atoms with Gasteiger partial charge in [-0.3, -0.25) is 14.0 Å². The predicted octanol–water partition coefficient (Wildman–Crippen LogP) is -0.135. The molecule has 0 bridgehead atoms. The van der Waals surface area contributed by atoms with Crippen LogP contribution in [0, 0.1) is 5.92 Å². The Labute approximate surface area is 125 Å². The third-order valence-corrected chi connectivity index (χ3v) is 3.93. The molecule has 1 amide bonds. The third kappa shape index (κ3) is 2.72. The molecule has 3 rings (SSSR count). The molecule has 22 heavy (non-hydrogen) atoms. The maximum absolute atomic E-state index is 12.0. The second-order valence-corrected chi connectivity index (χ2v) is 5.48. The van der Waals surface area contributed by atoms with Gasteiger partial charge < -0.3 is 10.4 Å². The summed E-state index contributed by atoms with van der Waals surface area (Å²) < 4.78 is 2.47. The maximum Gasteiger partial charge on any atom is 0.350 e. The number of carbonyl (C=O) groups excluding carboxylic acids is 1. The van der Waals surface area contributed by atoms with Crippen molar-refractivity contribution in [3.05, 3.63) is 34.9 Å². The summed E-state index contributed by atoms with van der Waals surface area (Å²) in [5, 5.41) is 15.8. The Bertz CT molecular complexity index is 778. The summed E-state index contributed by atoms with van der Waals surface area (Å²) in [4.78, 5) is 35.0. The predicted molar refractivity (Wildman–Crippen MR) is 76.4 cm³/mol. The molecule has 1 saturated carbocycles. The molecule has 1 aliphatic carbocycles. The normalized spacial score (nSPS) is 21.1. The highest BCUT2D eigenvalue weighted by Crippen LogP contribution is 2.25. The van der Waals surface area contributed by atoms with Crippen molar-refractivity contribution >= 4 is 17.5 Å². The fourth-order valence-electron chi connectivity index (χ4n) is 2.82. The minimum Gasteiger partial charge on any atom is -0.481 e. The van der Waals surface area contributed by atoms with Gasteiger partial charge in [-0.15, -0.1) is 5.10 Å². The van der Waals surface area contributed by atoms with Crippen molar-refractivity contribution in [3.63, 3.8) is 0 Å². The molecule has 1 fully saturated rings. The molecule has 2 atom stereocenters. The number of hydrogen-bond acceptors (Lipinski definition) is 4. The van der Waals surface area contributed by atoms with E-state index < -0.39 is 11.9 Å². The van der Waals surface area contributed by atoms with Crippen LogP contribution in [0.1, 0.15) is 19.3 Å². The molecule has 2 heterocycles. The molecule has 0 aliphatic heterocycles. The number of pyridine rings is 1. The minimum atomic E-state index is -0.826. The summed E-state index contributed by atoms with van der Waals surface area (Å²) in [7, 11) is 0. The van der Waals surface area contributed by atoms with Crippen LogP contribution in [0.5, 0.6) is 0 Å². The molecule has 116 valence electrons. The average molecular weight is 304 g/mol. The van der Waals surface area contributed by atoms with Gasteiger partial charge in [0.1, 0.15) is 6.54 Å². The number of carbonyl (C=O) groups is 2. The van der Waals surface area contributed by atoms with Crippen LogP contribution in [-0.2, 0) is 16.1 Å². The molecule has 0 unspecified atom stereocenters. The molecular weight excluding hydrogens is 288 g/mol. The first-order chi connectivity index (χ1) is 10.5. The van der Waals surface area contributed by atoms with E-state index in [1.54, 1.807) is 24.4 Å². The van der Waals surface area contributed by atoms with Gasteiger partial charge in [0.2, 0.25) is 5.91 Å². The molecule has 0 radical (unpaired) electrons. The third-order valence-electron chi connectivity index (χ3n) is 3.93. The molecule has 8 nitrogen and oxygen atoms in total. The summed E-state index contributed by atoms with van der Waals surface area (Å²) in [5.41, 5.74) is 0.104. The molecule has 0 saturated heterocycles. The zero-order chi connectivity index (χ0) is 15.7. The second kappa shape index (κ2) is 5.63. The molecule has 2 aromatic heterocycles. The van der Waals surface area contributed by atoms with Crippen LogP contribution in [-0.4, -0.2) is 37.2 Å². The van der Waals surface area contributed by atoms with E-state index in [-0.39, 0.29) is 24.2 Å². The van der Waals surface area contributed by atoms with Crippen LogP contribution < -0.4 is 11.0 Å². The first kappa shape index (κ1) is 14.3. The van der Waals surface area contributed by atoms with E-state index >= 15 is 0 Å². The number of aliphatic carboxylic acids is 1. The summed E-state index contributed by atoms with van der Waals surface area (Å²) in [6.07, 6.45) is 3.23. The number of carboxylic acid groups (broad SMARTS) is 1. The van der Waals surface area contributed by atoms with E-state index in [0.29, 0.717) is 24.9 Å². The van der Waals surface area contributed by atoms with Gasteiger partial charge in [-0.2, -0.15) is 0 Å². The lowest BCUT2D eigenvalue weighted by molar-refractivity contribution is -0.141. The Morgan fingerprint density at radius 3 is 2.86 bits per heavy atom. The van der Waals surface area contributed by atoms with Crippen molar-refractivity contribution < 1.29 is 14.7 Å². The first-order valence-electron chi connectivity index (χ1n) is 7.11. The number of aromatic nitrogens is 3. The van der Waals surface area contributed by atoms with Crippen LogP contribution >= 0.6 is 0 Å². The Morgan fingerprint density at radius 2 is 2.18 bits per heavy atom. The number of nitrogens with one attached hydrogen (secondary N) is 1. The van der Waals surface area contributed by atoms with Gasteiger partial charge in [-0.05, 0) is 31.4 Å². The zero-order valence-electron chi connectivity index (χ0n) is 11.8.